The Morgan fingerprint density at radius 1 is 0.242 bits per heavy atom. The highest BCUT2D eigenvalue weighted by atomic mass is 15.1. The van der Waals surface area contributed by atoms with Crippen LogP contribution in [0.15, 0.2) is 249 Å². The second-order valence-electron chi connectivity index (χ2n) is 17.9. The molecule has 12 aromatic rings. The molecule has 0 atom stereocenters. The maximum Gasteiger partial charge on any atom is 0.0726 e. The molecule has 0 saturated heterocycles. The number of anilines is 3. The van der Waals surface area contributed by atoms with E-state index in [2.05, 4.69) is 254 Å². The summed E-state index contributed by atoms with van der Waals surface area (Å²) in [7, 11) is 0. The first kappa shape index (κ1) is 36.9. The first-order valence-corrected chi connectivity index (χ1v) is 23.0. The maximum atomic E-state index is 2.57. The van der Waals surface area contributed by atoms with E-state index < -0.39 is 5.41 Å². The van der Waals surface area contributed by atoms with E-state index in [0.29, 0.717) is 0 Å². The summed E-state index contributed by atoms with van der Waals surface area (Å²) in [5.74, 6) is 0. The minimum absolute atomic E-state index is 0.513. The zero-order valence-corrected chi connectivity index (χ0v) is 36.1. The minimum Gasteiger partial charge on any atom is -0.309 e. The molecule has 0 radical (unpaired) electrons. The van der Waals surface area contributed by atoms with Gasteiger partial charge in [-0.15, -0.1) is 0 Å². The van der Waals surface area contributed by atoms with Gasteiger partial charge < -0.3 is 4.90 Å². The van der Waals surface area contributed by atoms with Crippen molar-refractivity contribution in [2.75, 3.05) is 4.90 Å². The van der Waals surface area contributed by atoms with Gasteiger partial charge in [0.1, 0.15) is 0 Å². The Morgan fingerprint density at radius 3 is 1.39 bits per heavy atom. The summed E-state index contributed by atoms with van der Waals surface area (Å²) in [6.45, 7) is 0. The van der Waals surface area contributed by atoms with Crippen LogP contribution in [0.1, 0.15) is 22.3 Å². The van der Waals surface area contributed by atoms with Crippen LogP contribution in [0.5, 0.6) is 0 Å². The zero-order chi connectivity index (χ0) is 43.3. The van der Waals surface area contributed by atoms with E-state index in [4.69, 9.17) is 0 Å². The summed E-state index contributed by atoms with van der Waals surface area (Å²) in [5.41, 5.74) is 18.1. The van der Waals surface area contributed by atoms with Crippen molar-refractivity contribution in [3.8, 4) is 44.5 Å². The quantitative estimate of drug-likeness (QED) is 0.156. The molecule has 306 valence electrons. The van der Waals surface area contributed by atoms with Gasteiger partial charge in [-0.25, -0.2) is 0 Å². The molecule has 0 amide bonds. The van der Waals surface area contributed by atoms with Gasteiger partial charge in [0.05, 0.1) is 16.8 Å². The second kappa shape index (κ2) is 14.2. The highest BCUT2D eigenvalue weighted by Crippen LogP contribution is 2.64. The molecule has 14 rings (SSSR count). The van der Waals surface area contributed by atoms with Crippen LogP contribution in [0.4, 0.5) is 17.1 Å². The second-order valence-corrected chi connectivity index (χ2v) is 17.9. The summed E-state index contributed by atoms with van der Waals surface area (Å²) in [6, 6.07) is 93.0. The number of hydrogen-bond acceptors (Lipinski definition) is 1. The molecule has 66 heavy (non-hydrogen) atoms. The van der Waals surface area contributed by atoms with Crippen molar-refractivity contribution < 1.29 is 0 Å². The third kappa shape index (κ3) is 5.17. The van der Waals surface area contributed by atoms with Crippen molar-refractivity contribution in [2.45, 2.75) is 5.41 Å². The monoisotopic (exact) mass is 835 g/mol. The van der Waals surface area contributed by atoms with Gasteiger partial charge in [0.2, 0.25) is 0 Å². The number of nitrogens with zero attached hydrogens (tertiary/aromatic N) is 1. The van der Waals surface area contributed by atoms with Gasteiger partial charge in [-0.3, -0.25) is 0 Å². The summed E-state index contributed by atoms with van der Waals surface area (Å²) < 4.78 is 0. The largest absolute Gasteiger partial charge is 0.309 e. The lowest BCUT2D eigenvalue weighted by atomic mass is 9.70. The molecule has 0 fully saturated rings. The van der Waals surface area contributed by atoms with E-state index in [1.165, 1.54) is 110 Å². The Bertz CT molecular complexity index is 3870. The number of fused-ring (bicyclic) bond motifs is 17. The number of hydrogen-bond donors (Lipinski definition) is 0. The Morgan fingerprint density at radius 2 is 0.727 bits per heavy atom. The van der Waals surface area contributed by atoms with Crippen molar-refractivity contribution >= 4 is 60.2 Å². The lowest BCUT2D eigenvalue weighted by Gasteiger charge is -2.34. The van der Waals surface area contributed by atoms with Crippen molar-refractivity contribution in [3.63, 3.8) is 0 Å². The first-order chi connectivity index (χ1) is 32.8. The van der Waals surface area contributed by atoms with Crippen LogP contribution in [0.25, 0.3) is 87.6 Å². The molecule has 0 aliphatic heterocycles. The normalized spacial score (nSPS) is 13.0. The van der Waals surface area contributed by atoms with Crippen LogP contribution in [0, 0.1) is 0 Å². The average Bonchev–Trinajstić information content (AvgIpc) is 3.86. The van der Waals surface area contributed by atoms with Gasteiger partial charge in [-0.05, 0) is 135 Å². The lowest BCUT2D eigenvalue weighted by molar-refractivity contribution is 0.794. The van der Waals surface area contributed by atoms with Gasteiger partial charge in [-0.1, -0.05) is 212 Å². The van der Waals surface area contributed by atoms with E-state index in [1.807, 2.05) is 0 Å². The topological polar surface area (TPSA) is 3.24 Å². The SMILES string of the molecule is c1ccc(-c2cccc(-c3cc4c(cc3N(c3ccc5c6ccccc6c6ccccc6c5c3)c3cccc5ccccc35)C3(c5ccccc5-c5ccccc53)c3ccccc3-4)c2)cc1. The van der Waals surface area contributed by atoms with E-state index in [0.717, 1.165) is 17.1 Å². The fourth-order valence-corrected chi connectivity index (χ4v) is 11.9. The highest BCUT2D eigenvalue weighted by molar-refractivity contribution is 6.26. The Labute approximate surface area is 384 Å². The molecule has 1 heteroatoms. The fourth-order valence-electron chi connectivity index (χ4n) is 11.9. The van der Waals surface area contributed by atoms with Crippen LogP contribution >= 0.6 is 0 Å². The van der Waals surface area contributed by atoms with Gasteiger partial charge in [-0.2, -0.15) is 0 Å². The average molecular weight is 836 g/mol. The molecule has 0 aromatic heterocycles. The molecule has 2 aliphatic rings. The van der Waals surface area contributed by atoms with Gasteiger partial charge in [0.15, 0.2) is 0 Å². The van der Waals surface area contributed by atoms with E-state index in [-0.39, 0.29) is 0 Å². The van der Waals surface area contributed by atoms with Crippen molar-refractivity contribution in [3.05, 3.63) is 271 Å². The molecule has 0 N–H and O–H groups in total. The Kier molecular flexibility index (Phi) is 7.97. The van der Waals surface area contributed by atoms with Crippen molar-refractivity contribution in [2.24, 2.45) is 0 Å². The standard InChI is InChI=1S/C65H41N/c1-2-18-42(19-3-1)44-22-16-23-45(38-44)56-40-58-55-31-12-15-34-61(55)65(59-32-13-10-29-53(59)54-30-11-14-33-60(54)65)62(58)41-64(56)66(63-35-17-21-43-20-4-5-24-47(43)63)46-36-37-52-50-27-7-6-25-48(50)49-26-8-9-28-51(49)57(52)39-46/h1-41H. The van der Waals surface area contributed by atoms with E-state index >= 15 is 0 Å². The molecule has 1 spiro atoms. The number of benzene rings is 12. The lowest BCUT2D eigenvalue weighted by Crippen LogP contribution is -2.26. The van der Waals surface area contributed by atoms with Crippen molar-refractivity contribution in [1.29, 1.82) is 0 Å². The predicted molar refractivity (Wildman–Crippen MR) is 278 cm³/mol. The molecule has 1 nitrogen and oxygen atoms in total. The molecule has 0 heterocycles. The fraction of sp³-hybridized carbons (Fsp3) is 0.0154. The predicted octanol–water partition coefficient (Wildman–Crippen LogP) is 17.4. The summed E-state index contributed by atoms with van der Waals surface area (Å²) in [5, 5.41) is 9.96. The molecule has 0 saturated carbocycles. The van der Waals surface area contributed by atoms with Gasteiger partial charge in [0, 0.05) is 16.6 Å². The maximum absolute atomic E-state index is 2.57. The highest BCUT2D eigenvalue weighted by Gasteiger charge is 2.52. The zero-order valence-electron chi connectivity index (χ0n) is 36.1. The third-order valence-electron chi connectivity index (χ3n) is 14.6. The summed E-state index contributed by atoms with van der Waals surface area (Å²) >= 11 is 0. The number of rotatable bonds is 5. The van der Waals surface area contributed by atoms with Crippen LogP contribution in [0.3, 0.4) is 0 Å². The molecular formula is C65H41N. The van der Waals surface area contributed by atoms with Crippen LogP contribution in [0.2, 0.25) is 0 Å². The molecule has 0 bridgehead atoms. The van der Waals surface area contributed by atoms with E-state index in [9.17, 15) is 0 Å². The summed E-state index contributed by atoms with van der Waals surface area (Å²) in [4.78, 5) is 2.57. The van der Waals surface area contributed by atoms with Gasteiger partial charge in [0.25, 0.3) is 0 Å². The van der Waals surface area contributed by atoms with Crippen molar-refractivity contribution in [1.82, 2.24) is 0 Å². The Hall–Kier alpha value is -8.52. The van der Waals surface area contributed by atoms with Gasteiger partial charge >= 0.3 is 0 Å². The molecule has 0 unspecified atom stereocenters. The third-order valence-corrected chi connectivity index (χ3v) is 14.6. The first-order valence-electron chi connectivity index (χ1n) is 23.0. The minimum atomic E-state index is -0.513. The smallest absolute Gasteiger partial charge is 0.0726 e. The van der Waals surface area contributed by atoms with Crippen LogP contribution < -0.4 is 4.90 Å². The summed E-state index contributed by atoms with van der Waals surface area (Å²) in [6.07, 6.45) is 0. The van der Waals surface area contributed by atoms with E-state index in [1.54, 1.807) is 0 Å². The van der Waals surface area contributed by atoms with Crippen LogP contribution in [-0.2, 0) is 5.41 Å². The van der Waals surface area contributed by atoms with Crippen LogP contribution in [-0.4, -0.2) is 0 Å². The Balaban J connectivity index is 1.14. The molecular weight excluding hydrogens is 795 g/mol. The molecule has 2 aliphatic carbocycles. The molecule has 12 aromatic carbocycles.